The molecule has 0 bridgehead atoms. The largest absolute Gasteiger partial charge is 0.398 e. The number of hydrogen-bond donors (Lipinski definition) is 2. The van der Waals surface area contributed by atoms with Gasteiger partial charge in [-0.05, 0) is 37.1 Å². The molecule has 1 aromatic heterocycles. The van der Waals surface area contributed by atoms with Crippen LogP contribution in [0, 0.1) is 5.82 Å². The van der Waals surface area contributed by atoms with E-state index in [-0.39, 0.29) is 11.7 Å². The molecule has 0 spiro atoms. The highest BCUT2D eigenvalue weighted by molar-refractivity contribution is 7.89. The molecule has 21 heavy (non-hydrogen) atoms. The zero-order chi connectivity index (χ0) is 15.0. The molecule has 1 atom stereocenters. The predicted octanol–water partition coefficient (Wildman–Crippen LogP) is 2.26. The average molecular weight is 309 g/mol. The Balaban J connectivity index is 2.06. The molecule has 1 fully saturated rings. The quantitative estimate of drug-likeness (QED) is 0.854. The summed E-state index contributed by atoms with van der Waals surface area (Å²) in [5.41, 5.74) is 6.43. The third kappa shape index (κ3) is 2.32. The average Bonchev–Trinajstić information content (AvgIpc) is 3.09. The summed E-state index contributed by atoms with van der Waals surface area (Å²) in [6.45, 7) is 0.361. The van der Waals surface area contributed by atoms with Crippen molar-refractivity contribution in [1.29, 1.82) is 0 Å². The molecule has 112 valence electrons. The number of aromatic amines is 1. The second-order valence-electron chi connectivity index (χ2n) is 5.06. The van der Waals surface area contributed by atoms with Gasteiger partial charge in [-0.2, -0.15) is 4.31 Å². The summed E-state index contributed by atoms with van der Waals surface area (Å²) < 4.78 is 40.8. The number of benzene rings is 1. The first-order chi connectivity index (χ1) is 10.0. The van der Waals surface area contributed by atoms with E-state index in [9.17, 15) is 12.8 Å². The van der Waals surface area contributed by atoms with E-state index in [2.05, 4.69) is 4.98 Å². The van der Waals surface area contributed by atoms with Crippen LogP contribution in [0.4, 0.5) is 10.1 Å². The van der Waals surface area contributed by atoms with Crippen LogP contribution >= 0.6 is 0 Å². The van der Waals surface area contributed by atoms with Gasteiger partial charge < -0.3 is 10.7 Å². The first-order valence-electron chi connectivity index (χ1n) is 6.71. The number of anilines is 1. The van der Waals surface area contributed by atoms with E-state index < -0.39 is 20.7 Å². The van der Waals surface area contributed by atoms with Crippen molar-refractivity contribution in [3.05, 3.63) is 48.0 Å². The van der Waals surface area contributed by atoms with Gasteiger partial charge in [-0.25, -0.2) is 12.8 Å². The maximum atomic E-state index is 14.0. The van der Waals surface area contributed by atoms with Crippen LogP contribution in [0.25, 0.3) is 0 Å². The lowest BCUT2D eigenvalue weighted by atomic mass is 10.2. The van der Waals surface area contributed by atoms with Gasteiger partial charge in [-0.15, -0.1) is 0 Å². The van der Waals surface area contributed by atoms with Crippen LogP contribution in [-0.4, -0.2) is 24.3 Å². The summed E-state index contributed by atoms with van der Waals surface area (Å²) in [5.74, 6) is -0.813. The molecule has 0 saturated carbocycles. The van der Waals surface area contributed by atoms with E-state index in [0.29, 0.717) is 13.0 Å². The lowest BCUT2D eigenvalue weighted by molar-refractivity contribution is 0.389. The van der Waals surface area contributed by atoms with E-state index in [1.807, 2.05) is 12.1 Å². The second kappa shape index (κ2) is 5.16. The molecule has 0 radical (unpaired) electrons. The van der Waals surface area contributed by atoms with Crippen molar-refractivity contribution in [2.75, 3.05) is 12.3 Å². The van der Waals surface area contributed by atoms with E-state index in [4.69, 9.17) is 5.73 Å². The van der Waals surface area contributed by atoms with Crippen molar-refractivity contribution in [2.45, 2.75) is 23.8 Å². The predicted molar refractivity (Wildman–Crippen MR) is 77.5 cm³/mol. The fourth-order valence-corrected chi connectivity index (χ4v) is 4.64. The number of aromatic nitrogens is 1. The van der Waals surface area contributed by atoms with Gasteiger partial charge in [0.25, 0.3) is 0 Å². The van der Waals surface area contributed by atoms with Crippen LogP contribution in [-0.2, 0) is 10.0 Å². The zero-order valence-corrected chi connectivity index (χ0v) is 12.1. The highest BCUT2D eigenvalue weighted by Crippen LogP contribution is 2.37. The lowest BCUT2D eigenvalue weighted by Crippen LogP contribution is -2.32. The van der Waals surface area contributed by atoms with Gasteiger partial charge in [-0.1, -0.05) is 6.07 Å². The first-order valence-corrected chi connectivity index (χ1v) is 8.15. The molecule has 1 unspecified atom stereocenters. The molecule has 1 saturated heterocycles. The van der Waals surface area contributed by atoms with E-state index >= 15 is 0 Å². The minimum absolute atomic E-state index is 0.0628. The summed E-state index contributed by atoms with van der Waals surface area (Å²) in [4.78, 5) is 2.60. The Morgan fingerprint density at radius 2 is 2.10 bits per heavy atom. The number of H-pyrrole nitrogens is 1. The van der Waals surface area contributed by atoms with Crippen LogP contribution in [0.3, 0.4) is 0 Å². The molecule has 0 aliphatic carbocycles. The fourth-order valence-electron chi connectivity index (χ4n) is 2.81. The summed E-state index contributed by atoms with van der Waals surface area (Å²) in [5, 5.41) is 0. The number of nitrogens with zero attached hydrogens (tertiary/aromatic N) is 1. The maximum Gasteiger partial charge on any atom is 0.248 e. The van der Waals surface area contributed by atoms with Gasteiger partial charge >= 0.3 is 0 Å². The van der Waals surface area contributed by atoms with Crippen molar-refractivity contribution in [1.82, 2.24) is 9.29 Å². The van der Waals surface area contributed by atoms with Crippen LogP contribution < -0.4 is 5.73 Å². The SMILES string of the molecule is Nc1cccc(F)c1S(=O)(=O)N1CCCC1c1ccc[nH]1. The third-order valence-electron chi connectivity index (χ3n) is 3.75. The minimum Gasteiger partial charge on any atom is -0.398 e. The molecule has 2 aromatic rings. The van der Waals surface area contributed by atoms with Crippen LogP contribution in [0.5, 0.6) is 0 Å². The molecule has 5 nitrogen and oxygen atoms in total. The molecule has 1 aliphatic rings. The van der Waals surface area contributed by atoms with Gasteiger partial charge in [-0.3, -0.25) is 0 Å². The summed E-state index contributed by atoms with van der Waals surface area (Å²) >= 11 is 0. The molecule has 2 heterocycles. The van der Waals surface area contributed by atoms with Crippen molar-refractivity contribution in [3.8, 4) is 0 Å². The number of sulfonamides is 1. The van der Waals surface area contributed by atoms with E-state index in [1.165, 1.54) is 16.4 Å². The highest BCUT2D eigenvalue weighted by atomic mass is 32.2. The Labute approximate surface area is 122 Å². The van der Waals surface area contributed by atoms with Gasteiger partial charge in [0.1, 0.15) is 10.7 Å². The summed E-state index contributed by atoms with van der Waals surface area (Å²) in [6.07, 6.45) is 3.18. The normalized spacial score (nSPS) is 20.0. The molecular formula is C14H16FN3O2S. The lowest BCUT2D eigenvalue weighted by Gasteiger charge is -2.24. The van der Waals surface area contributed by atoms with Gasteiger partial charge in [0.05, 0.1) is 11.7 Å². The number of hydrogen-bond acceptors (Lipinski definition) is 3. The molecule has 3 N–H and O–H groups in total. The Morgan fingerprint density at radius 1 is 1.29 bits per heavy atom. The topological polar surface area (TPSA) is 79.2 Å². The number of nitrogens with one attached hydrogen (secondary N) is 1. The Hall–Kier alpha value is -1.86. The van der Waals surface area contributed by atoms with E-state index in [1.54, 1.807) is 6.20 Å². The molecule has 7 heteroatoms. The van der Waals surface area contributed by atoms with Crippen molar-refractivity contribution >= 4 is 15.7 Å². The molecule has 3 rings (SSSR count). The smallest absolute Gasteiger partial charge is 0.248 e. The van der Waals surface area contributed by atoms with Gasteiger partial charge in [0.2, 0.25) is 10.0 Å². The Kier molecular flexibility index (Phi) is 3.46. The second-order valence-corrected chi connectivity index (χ2v) is 6.88. The number of rotatable bonds is 3. The first kappa shape index (κ1) is 14.1. The number of nitrogens with two attached hydrogens (primary N) is 1. The van der Waals surface area contributed by atoms with Crippen molar-refractivity contribution in [2.24, 2.45) is 0 Å². The zero-order valence-electron chi connectivity index (χ0n) is 11.3. The number of nitrogen functional groups attached to an aromatic ring is 1. The van der Waals surface area contributed by atoms with E-state index in [0.717, 1.165) is 18.2 Å². The van der Waals surface area contributed by atoms with Crippen LogP contribution in [0.15, 0.2) is 41.4 Å². The summed E-state index contributed by atoms with van der Waals surface area (Å²) in [7, 11) is -3.96. The van der Waals surface area contributed by atoms with Crippen molar-refractivity contribution in [3.63, 3.8) is 0 Å². The highest BCUT2D eigenvalue weighted by Gasteiger charge is 2.38. The van der Waals surface area contributed by atoms with Crippen LogP contribution in [0.1, 0.15) is 24.6 Å². The van der Waals surface area contributed by atoms with Crippen molar-refractivity contribution < 1.29 is 12.8 Å². The van der Waals surface area contributed by atoms with Gasteiger partial charge in [0.15, 0.2) is 0 Å². The molecule has 1 aromatic carbocycles. The maximum absolute atomic E-state index is 14.0. The third-order valence-corrected chi connectivity index (χ3v) is 5.75. The minimum atomic E-state index is -3.96. The fraction of sp³-hybridized carbons (Fsp3) is 0.286. The Bertz CT molecular complexity index is 723. The van der Waals surface area contributed by atoms with Gasteiger partial charge in [0, 0.05) is 18.4 Å². The summed E-state index contributed by atoms with van der Waals surface area (Å²) in [6, 6.07) is 7.26. The standard InChI is InChI=1S/C14H16FN3O2S/c15-10-4-1-5-11(16)14(10)21(19,20)18-9-3-7-13(18)12-6-2-8-17-12/h1-2,4-6,8,13,17H,3,7,9,16H2. The monoisotopic (exact) mass is 309 g/mol. The molecular weight excluding hydrogens is 293 g/mol. The van der Waals surface area contributed by atoms with Crippen LogP contribution in [0.2, 0.25) is 0 Å². The molecule has 0 amide bonds. The Morgan fingerprint density at radius 3 is 2.76 bits per heavy atom. The molecule has 1 aliphatic heterocycles. The number of halogens is 1.